The summed E-state index contributed by atoms with van der Waals surface area (Å²) in [6, 6.07) is 8.54. The number of amides is 2. The quantitative estimate of drug-likeness (QED) is 0.479. The summed E-state index contributed by atoms with van der Waals surface area (Å²) in [5, 5.41) is 2.52. The SMILES string of the molecule is CC(=O)c1ccc(NC(=O)CN2C(=O)[C@@H](C)c3ncccc3-c3c2cc(C)nc3F)cc1F. The number of hydrogen-bond acceptors (Lipinski definition) is 5. The molecule has 168 valence electrons. The number of aromatic nitrogens is 2. The summed E-state index contributed by atoms with van der Waals surface area (Å²) in [7, 11) is 0. The van der Waals surface area contributed by atoms with E-state index in [1.165, 1.54) is 30.2 Å². The first kappa shape index (κ1) is 22.2. The van der Waals surface area contributed by atoms with Crippen molar-refractivity contribution in [3.8, 4) is 11.1 Å². The van der Waals surface area contributed by atoms with Gasteiger partial charge in [0.05, 0.1) is 28.4 Å². The maximum absolute atomic E-state index is 15.0. The van der Waals surface area contributed by atoms with Crippen molar-refractivity contribution < 1.29 is 23.2 Å². The Hall–Kier alpha value is -4.01. The van der Waals surface area contributed by atoms with Crippen molar-refractivity contribution in [2.45, 2.75) is 26.7 Å². The Bertz CT molecular complexity index is 1310. The topological polar surface area (TPSA) is 92.3 Å². The average molecular weight is 450 g/mol. The molecule has 0 radical (unpaired) electrons. The van der Waals surface area contributed by atoms with Crippen LogP contribution in [0.1, 0.15) is 41.5 Å². The van der Waals surface area contributed by atoms with Gasteiger partial charge in [-0.05, 0) is 51.1 Å². The highest BCUT2D eigenvalue weighted by molar-refractivity contribution is 6.09. The predicted molar refractivity (Wildman–Crippen MR) is 118 cm³/mol. The first-order valence-corrected chi connectivity index (χ1v) is 10.2. The number of nitrogens with zero attached hydrogens (tertiary/aromatic N) is 3. The molecule has 3 heterocycles. The van der Waals surface area contributed by atoms with E-state index in [-0.39, 0.29) is 22.5 Å². The molecule has 1 atom stereocenters. The largest absolute Gasteiger partial charge is 0.324 e. The summed E-state index contributed by atoms with van der Waals surface area (Å²) in [5.74, 6) is -3.78. The number of nitrogens with one attached hydrogen (secondary N) is 1. The molecule has 0 saturated heterocycles. The predicted octanol–water partition coefficient (Wildman–Crippen LogP) is 4.02. The number of ketones is 1. The molecule has 1 aromatic carbocycles. The van der Waals surface area contributed by atoms with Gasteiger partial charge < -0.3 is 10.2 Å². The van der Waals surface area contributed by atoms with E-state index in [0.29, 0.717) is 17.0 Å². The normalized spacial score (nSPS) is 14.9. The molecule has 9 heteroatoms. The molecule has 0 saturated carbocycles. The average Bonchev–Trinajstić information content (AvgIpc) is 2.83. The van der Waals surface area contributed by atoms with Crippen LogP contribution in [0.2, 0.25) is 0 Å². The third-order valence-electron chi connectivity index (χ3n) is 5.46. The lowest BCUT2D eigenvalue weighted by molar-refractivity contribution is -0.122. The molecule has 0 spiro atoms. The lowest BCUT2D eigenvalue weighted by atomic mass is 9.98. The zero-order valence-electron chi connectivity index (χ0n) is 18.1. The Balaban J connectivity index is 1.71. The summed E-state index contributed by atoms with van der Waals surface area (Å²) in [4.78, 5) is 46.9. The standard InChI is InChI=1S/C24H20F2N4O3/c1-12-9-19-21(23(26)28-12)17-5-4-8-27-22(17)13(2)24(33)30(19)11-20(32)29-15-6-7-16(14(3)31)18(25)10-15/h4-10,13H,11H2,1-3H3,(H,29,32)/t13-/m0/s1. The molecule has 0 aliphatic carbocycles. The number of carbonyl (C=O) groups excluding carboxylic acids is 3. The zero-order valence-corrected chi connectivity index (χ0v) is 18.1. The lowest BCUT2D eigenvalue weighted by Crippen LogP contribution is -2.40. The van der Waals surface area contributed by atoms with E-state index in [1.54, 1.807) is 32.0 Å². The first-order chi connectivity index (χ1) is 15.7. The van der Waals surface area contributed by atoms with Gasteiger partial charge in [-0.15, -0.1) is 0 Å². The zero-order chi connectivity index (χ0) is 23.9. The Morgan fingerprint density at radius 1 is 1.18 bits per heavy atom. The first-order valence-electron chi connectivity index (χ1n) is 10.2. The summed E-state index contributed by atoms with van der Waals surface area (Å²) >= 11 is 0. The van der Waals surface area contributed by atoms with Gasteiger partial charge >= 0.3 is 0 Å². The van der Waals surface area contributed by atoms with Crippen molar-refractivity contribution in [1.29, 1.82) is 0 Å². The minimum Gasteiger partial charge on any atom is -0.324 e. The fourth-order valence-corrected chi connectivity index (χ4v) is 3.91. The second-order valence-electron chi connectivity index (χ2n) is 7.83. The smallest absolute Gasteiger partial charge is 0.244 e. The number of halogens is 2. The van der Waals surface area contributed by atoms with Gasteiger partial charge in [-0.3, -0.25) is 19.4 Å². The van der Waals surface area contributed by atoms with Crippen LogP contribution in [-0.4, -0.2) is 34.1 Å². The van der Waals surface area contributed by atoms with Crippen LogP contribution in [0.5, 0.6) is 0 Å². The number of hydrogen-bond donors (Lipinski definition) is 1. The van der Waals surface area contributed by atoms with Crippen LogP contribution in [0.15, 0.2) is 42.6 Å². The number of aryl methyl sites for hydroxylation is 1. The van der Waals surface area contributed by atoms with Crippen LogP contribution in [0.4, 0.5) is 20.2 Å². The summed E-state index contributed by atoms with van der Waals surface area (Å²) < 4.78 is 29.1. The molecule has 0 unspecified atom stereocenters. The fraction of sp³-hybridized carbons (Fsp3) is 0.208. The molecule has 3 aromatic rings. The van der Waals surface area contributed by atoms with Crippen molar-refractivity contribution in [3.05, 3.63) is 71.3 Å². The Morgan fingerprint density at radius 2 is 1.94 bits per heavy atom. The van der Waals surface area contributed by atoms with E-state index in [0.717, 1.165) is 6.07 Å². The van der Waals surface area contributed by atoms with Crippen molar-refractivity contribution >= 4 is 29.0 Å². The van der Waals surface area contributed by atoms with Crippen molar-refractivity contribution in [2.24, 2.45) is 0 Å². The second kappa shape index (κ2) is 8.50. The van der Waals surface area contributed by atoms with Gasteiger partial charge in [-0.25, -0.2) is 9.37 Å². The number of carbonyl (C=O) groups is 3. The van der Waals surface area contributed by atoms with Gasteiger partial charge in [0.2, 0.25) is 17.8 Å². The highest BCUT2D eigenvalue weighted by atomic mass is 19.1. The number of benzene rings is 1. The van der Waals surface area contributed by atoms with E-state index in [4.69, 9.17) is 0 Å². The van der Waals surface area contributed by atoms with Crippen LogP contribution >= 0.6 is 0 Å². The molecule has 2 aromatic heterocycles. The third kappa shape index (κ3) is 4.09. The minimum atomic E-state index is -0.770. The van der Waals surface area contributed by atoms with E-state index in [1.807, 2.05) is 0 Å². The maximum Gasteiger partial charge on any atom is 0.244 e. The van der Waals surface area contributed by atoms with Crippen LogP contribution in [0.25, 0.3) is 11.1 Å². The monoisotopic (exact) mass is 450 g/mol. The third-order valence-corrected chi connectivity index (χ3v) is 5.46. The molecule has 4 rings (SSSR count). The molecule has 2 amide bonds. The van der Waals surface area contributed by atoms with Crippen molar-refractivity contribution in [1.82, 2.24) is 9.97 Å². The summed E-state index contributed by atoms with van der Waals surface area (Å²) in [6.45, 7) is 4.02. The summed E-state index contributed by atoms with van der Waals surface area (Å²) in [5.41, 5.74) is 1.48. The van der Waals surface area contributed by atoms with Crippen molar-refractivity contribution in [3.63, 3.8) is 0 Å². The Kier molecular flexibility index (Phi) is 5.71. The number of Topliss-reactive ketones (excluding diaryl/α,β-unsaturated/α-hetero) is 1. The number of fused-ring (bicyclic) bond motifs is 3. The van der Waals surface area contributed by atoms with Crippen LogP contribution in [0.3, 0.4) is 0 Å². The van der Waals surface area contributed by atoms with Gasteiger partial charge in [0, 0.05) is 23.1 Å². The van der Waals surface area contributed by atoms with Crippen LogP contribution in [-0.2, 0) is 9.59 Å². The molecule has 1 aliphatic rings. The van der Waals surface area contributed by atoms with Gasteiger partial charge in [-0.2, -0.15) is 4.39 Å². The molecule has 1 aliphatic heterocycles. The number of rotatable bonds is 4. The van der Waals surface area contributed by atoms with E-state index in [9.17, 15) is 18.8 Å². The Morgan fingerprint density at radius 3 is 2.64 bits per heavy atom. The van der Waals surface area contributed by atoms with E-state index in [2.05, 4.69) is 15.3 Å². The number of pyridine rings is 2. The molecule has 33 heavy (non-hydrogen) atoms. The van der Waals surface area contributed by atoms with E-state index >= 15 is 4.39 Å². The van der Waals surface area contributed by atoms with Gasteiger partial charge in [-0.1, -0.05) is 6.07 Å². The molecule has 1 N–H and O–H groups in total. The molecular formula is C24H20F2N4O3. The Labute approximate surface area is 188 Å². The fourth-order valence-electron chi connectivity index (χ4n) is 3.91. The minimum absolute atomic E-state index is 0.0889. The van der Waals surface area contributed by atoms with Gasteiger partial charge in [0.25, 0.3) is 0 Å². The highest BCUT2D eigenvalue weighted by Gasteiger charge is 2.35. The van der Waals surface area contributed by atoms with Crippen LogP contribution < -0.4 is 10.2 Å². The lowest BCUT2D eigenvalue weighted by Gasteiger charge is -2.24. The molecule has 0 fully saturated rings. The van der Waals surface area contributed by atoms with E-state index < -0.39 is 41.8 Å². The van der Waals surface area contributed by atoms with Crippen molar-refractivity contribution in [2.75, 3.05) is 16.8 Å². The second-order valence-corrected chi connectivity index (χ2v) is 7.83. The summed E-state index contributed by atoms with van der Waals surface area (Å²) in [6.07, 6.45) is 1.52. The van der Waals surface area contributed by atoms with Crippen LogP contribution in [0, 0.1) is 18.7 Å². The number of anilines is 2. The highest BCUT2D eigenvalue weighted by Crippen LogP contribution is 2.41. The molecular weight excluding hydrogens is 430 g/mol. The van der Waals surface area contributed by atoms with Gasteiger partial charge in [0.1, 0.15) is 12.4 Å². The van der Waals surface area contributed by atoms with Gasteiger partial charge in [0.15, 0.2) is 5.78 Å². The molecule has 0 bridgehead atoms. The maximum atomic E-state index is 15.0. The molecule has 7 nitrogen and oxygen atoms in total.